The van der Waals surface area contributed by atoms with Gasteiger partial charge in [-0.3, -0.25) is 4.40 Å². The minimum absolute atomic E-state index is 0.145. The van der Waals surface area contributed by atoms with E-state index in [-0.39, 0.29) is 11.0 Å². The van der Waals surface area contributed by atoms with Crippen LogP contribution in [0.25, 0.3) is 16.9 Å². The predicted molar refractivity (Wildman–Crippen MR) is 150 cm³/mol. The second-order valence-electron chi connectivity index (χ2n) is 11.2. The monoisotopic (exact) mass is 519 g/mol. The van der Waals surface area contributed by atoms with Crippen molar-refractivity contribution >= 4 is 29.0 Å². The Morgan fingerprint density at radius 3 is 2.35 bits per heavy atom. The second kappa shape index (κ2) is 10.1. The van der Waals surface area contributed by atoms with Crippen LogP contribution >= 0.6 is 11.6 Å². The van der Waals surface area contributed by atoms with Crippen LogP contribution in [-0.2, 0) is 0 Å². The first-order valence-corrected chi connectivity index (χ1v) is 12.7. The third-order valence-electron chi connectivity index (χ3n) is 5.93. The van der Waals surface area contributed by atoms with E-state index in [1.807, 2.05) is 18.3 Å². The highest BCUT2D eigenvalue weighted by molar-refractivity contribution is 6.30. The fourth-order valence-corrected chi connectivity index (χ4v) is 4.93. The number of hydrogen-bond acceptors (Lipinski definition) is 5. The number of benzene rings is 2. The Hall–Kier alpha value is -3.51. The van der Waals surface area contributed by atoms with Gasteiger partial charge in [-0.2, -0.15) is 0 Å². The quantitative estimate of drug-likeness (QED) is 0.199. The summed E-state index contributed by atoms with van der Waals surface area (Å²) in [5, 5.41) is 4.31. The van der Waals surface area contributed by atoms with E-state index in [1.165, 1.54) is 0 Å². The fourth-order valence-electron chi connectivity index (χ4n) is 4.80. The van der Waals surface area contributed by atoms with Crippen LogP contribution in [0, 0.1) is 12.3 Å². The number of halogens is 1. The molecule has 0 aliphatic heterocycles. The molecular weight excluding hydrogens is 486 g/mol. The number of hydrogen-bond donors (Lipinski definition) is 1. The normalized spacial score (nSPS) is 12.0. The maximum atomic E-state index is 12.7. The zero-order valence-corrected chi connectivity index (χ0v) is 23.2. The van der Waals surface area contributed by atoms with Crippen LogP contribution in [0.2, 0.25) is 5.02 Å². The van der Waals surface area contributed by atoms with E-state index in [9.17, 15) is 4.79 Å². The Kier molecular flexibility index (Phi) is 7.24. The number of imidazole rings is 1. The first-order valence-electron chi connectivity index (χ1n) is 12.3. The summed E-state index contributed by atoms with van der Waals surface area (Å²) in [4.78, 5) is 17.6. The van der Waals surface area contributed by atoms with Crippen LogP contribution in [0.5, 0.6) is 11.5 Å². The number of nitrogens with zero attached hydrogens (tertiary/aromatic N) is 2. The molecular formula is C30H34ClN3O3. The molecule has 4 rings (SSSR count). The van der Waals surface area contributed by atoms with Crippen molar-refractivity contribution in [3.63, 3.8) is 0 Å². The molecule has 0 aliphatic carbocycles. The molecule has 0 aliphatic rings. The molecule has 0 saturated heterocycles. The number of ether oxygens (including phenoxy) is 2. The van der Waals surface area contributed by atoms with E-state index >= 15 is 0 Å². The first kappa shape index (κ1) is 26.6. The maximum absolute atomic E-state index is 12.7. The van der Waals surface area contributed by atoms with Gasteiger partial charge in [-0.1, -0.05) is 32.4 Å². The molecule has 4 aromatic rings. The lowest BCUT2D eigenvalue weighted by molar-refractivity contribution is 0.0729. The molecule has 0 bridgehead atoms. The number of aryl methyl sites for hydroxylation is 1. The third-order valence-corrected chi connectivity index (χ3v) is 6.18. The average Bonchev–Trinajstić information content (AvgIpc) is 3.14. The van der Waals surface area contributed by atoms with E-state index in [2.05, 4.69) is 63.4 Å². The van der Waals surface area contributed by atoms with Gasteiger partial charge in [0.25, 0.3) is 0 Å². The predicted octanol–water partition coefficient (Wildman–Crippen LogP) is 7.82. The van der Waals surface area contributed by atoms with Crippen LogP contribution in [0.4, 0.5) is 5.82 Å². The zero-order valence-electron chi connectivity index (χ0n) is 22.5. The number of anilines is 1. The molecule has 2 aromatic carbocycles. The van der Waals surface area contributed by atoms with Crippen molar-refractivity contribution in [3.05, 3.63) is 76.9 Å². The van der Waals surface area contributed by atoms with Gasteiger partial charge in [0.1, 0.15) is 17.2 Å². The Bertz CT molecular complexity index is 1430. The van der Waals surface area contributed by atoms with Crippen molar-refractivity contribution in [2.24, 2.45) is 5.41 Å². The van der Waals surface area contributed by atoms with Crippen molar-refractivity contribution in [2.45, 2.75) is 53.5 Å². The molecule has 1 N–H and O–H groups in total. The van der Waals surface area contributed by atoms with E-state index in [4.69, 9.17) is 26.1 Å². The second-order valence-corrected chi connectivity index (χ2v) is 11.7. The van der Waals surface area contributed by atoms with Crippen molar-refractivity contribution in [1.82, 2.24) is 9.38 Å². The SMILES string of the molecule is COc1cc(-c2nc3cc(C)ccn3c2NC(C)(C)CC(C)(C)C)ccc1OC(=O)c1ccc(Cl)cc1. The Balaban J connectivity index is 1.73. The number of pyridine rings is 1. The maximum Gasteiger partial charge on any atom is 0.343 e. The molecule has 0 radical (unpaired) electrons. The van der Waals surface area contributed by atoms with Gasteiger partial charge in [0.05, 0.1) is 12.7 Å². The van der Waals surface area contributed by atoms with Crippen molar-refractivity contribution in [1.29, 1.82) is 0 Å². The van der Waals surface area contributed by atoms with Crippen molar-refractivity contribution in [2.75, 3.05) is 12.4 Å². The fraction of sp³-hybridized carbons (Fsp3) is 0.333. The van der Waals surface area contributed by atoms with Crippen LogP contribution in [0.1, 0.15) is 57.0 Å². The average molecular weight is 520 g/mol. The van der Waals surface area contributed by atoms with Crippen LogP contribution in [0.3, 0.4) is 0 Å². The minimum Gasteiger partial charge on any atom is -0.493 e. The molecule has 0 amide bonds. The van der Waals surface area contributed by atoms with Crippen molar-refractivity contribution in [3.8, 4) is 22.8 Å². The number of rotatable bonds is 7. The van der Waals surface area contributed by atoms with Gasteiger partial charge in [0.2, 0.25) is 0 Å². The van der Waals surface area contributed by atoms with E-state index < -0.39 is 5.97 Å². The van der Waals surface area contributed by atoms with Gasteiger partial charge in [0, 0.05) is 22.3 Å². The summed E-state index contributed by atoms with van der Waals surface area (Å²) in [6.07, 6.45) is 3.00. The Morgan fingerprint density at radius 1 is 1.00 bits per heavy atom. The smallest absolute Gasteiger partial charge is 0.343 e. The van der Waals surface area contributed by atoms with Gasteiger partial charge in [-0.25, -0.2) is 9.78 Å². The first-order chi connectivity index (χ1) is 17.3. The number of aromatic nitrogens is 2. The highest BCUT2D eigenvalue weighted by atomic mass is 35.5. The number of esters is 1. The third kappa shape index (κ3) is 6.25. The number of methoxy groups -OCH3 is 1. The summed E-state index contributed by atoms with van der Waals surface area (Å²) in [6, 6.07) is 16.2. The molecule has 7 heteroatoms. The molecule has 6 nitrogen and oxygen atoms in total. The summed E-state index contributed by atoms with van der Waals surface area (Å²) in [6.45, 7) is 13.2. The van der Waals surface area contributed by atoms with E-state index in [0.717, 1.165) is 34.7 Å². The minimum atomic E-state index is -0.489. The molecule has 0 unspecified atom stereocenters. The van der Waals surface area contributed by atoms with E-state index in [0.29, 0.717) is 22.1 Å². The molecule has 2 heterocycles. The highest BCUT2D eigenvalue weighted by Crippen LogP contribution is 2.38. The van der Waals surface area contributed by atoms with Gasteiger partial charge in [-0.05, 0) is 92.8 Å². The molecule has 0 spiro atoms. The lowest BCUT2D eigenvalue weighted by atomic mass is 9.82. The lowest BCUT2D eigenvalue weighted by Gasteiger charge is -2.34. The number of fused-ring (bicyclic) bond motifs is 1. The number of nitrogens with one attached hydrogen (secondary N) is 1. The van der Waals surface area contributed by atoms with Gasteiger partial charge >= 0.3 is 5.97 Å². The lowest BCUT2D eigenvalue weighted by Crippen LogP contribution is -2.36. The van der Waals surface area contributed by atoms with Crippen LogP contribution < -0.4 is 14.8 Å². The summed E-state index contributed by atoms with van der Waals surface area (Å²) in [5.41, 5.74) is 3.98. The topological polar surface area (TPSA) is 64.9 Å². The molecule has 0 fully saturated rings. The number of carbonyl (C=O) groups excluding carboxylic acids is 1. The standard InChI is InChI=1S/C30H34ClN3O3/c1-19-14-15-34-25(16-19)32-26(27(34)33-30(5,6)18-29(2,3)4)21-10-13-23(24(17-21)36-7)37-28(35)20-8-11-22(31)12-9-20/h8-17,33H,18H2,1-7H3. The summed E-state index contributed by atoms with van der Waals surface area (Å²) >= 11 is 5.94. The largest absolute Gasteiger partial charge is 0.493 e. The summed E-state index contributed by atoms with van der Waals surface area (Å²) in [5.74, 6) is 1.18. The Morgan fingerprint density at radius 2 is 1.70 bits per heavy atom. The molecule has 0 saturated carbocycles. The molecule has 0 atom stereocenters. The highest BCUT2D eigenvalue weighted by Gasteiger charge is 2.28. The van der Waals surface area contributed by atoms with Crippen LogP contribution in [-0.4, -0.2) is 28.0 Å². The summed E-state index contributed by atoms with van der Waals surface area (Å²) in [7, 11) is 1.55. The van der Waals surface area contributed by atoms with E-state index in [1.54, 1.807) is 37.4 Å². The van der Waals surface area contributed by atoms with Gasteiger partial charge < -0.3 is 14.8 Å². The number of carbonyl (C=O) groups is 1. The Labute approximate surface area is 223 Å². The van der Waals surface area contributed by atoms with Crippen molar-refractivity contribution < 1.29 is 14.3 Å². The van der Waals surface area contributed by atoms with Gasteiger partial charge in [-0.15, -0.1) is 0 Å². The molecule has 194 valence electrons. The summed E-state index contributed by atoms with van der Waals surface area (Å²) < 4.78 is 13.3. The van der Waals surface area contributed by atoms with Gasteiger partial charge in [0.15, 0.2) is 11.5 Å². The van der Waals surface area contributed by atoms with Crippen LogP contribution in [0.15, 0.2) is 60.8 Å². The molecule has 37 heavy (non-hydrogen) atoms. The zero-order chi connectivity index (χ0) is 27.0. The molecule has 2 aromatic heterocycles.